The van der Waals surface area contributed by atoms with Gasteiger partial charge in [-0.25, -0.2) is 0 Å². The Hall–Kier alpha value is -3.02. The fourth-order valence-electron chi connectivity index (χ4n) is 3.33. The second kappa shape index (κ2) is 14.1. The highest BCUT2D eigenvalue weighted by Gasteiger charge is 2.16. The van der Waals surface area contributed by atoms with E-state index in [1.54, 1.807) is 12.1 Å². The number of carbonyl (C=O) groups is 2. The van der Waals surface area contributed by atoms with Gasteiger partial charge < -0.3 is 20.5 Å². The van der Waals surface area contributed by atoms with Crippen LogP contribution in [0.1, 0.15) is 78.1 Å². The molecule has 0 aliphatic carbocycles. The molecule has 0 unspecified atom stereocenters. The molecule has 0 radical (unpaired) electrons. The number of amides is 2. The summed E-state index contributed by atoms with van der Waals surface area (Å²) >= 11 is 0. The van der Waals surface area contributed by atoms with Crippen LogP contribution in [0, 0.1) is 0 Å². The van der Waals surface area contributed by atoms with Crippen molar-refractivity contribution in [1.29, 1.82) is 0 Å². The molecule has 0 saturated carbocycles. The Bertz CT molecular complexity index is 805. The first-order chi connectivity index (χ1) is 15.5. The maximum absolute atomic E-state index is 12.4. The summed E-state index contributed by atoms with van der Waals surface area (Å²) in [7, 11) is 0. The van der Waals surface area contributed by atoms with E-state index in [4.69, 9.17) is 4.74 Å². The van der Waals surface area contributed by atoms with Crippen LogP contribution in [0.3, 0.4) is 0 Å². The number of para-hydroxylation sites is 1. The van der Waals surface area contributed by atoms with Gasteiger partial charge >= 0.3 is 0 Å². The molecule has 0 aromatic heterocycles. The van der Waals surface area contributed by atoms with Crippen molar-refractivity contribution in [3.05, 3.63) is 42.5 Å². The molecule has 2 rings (SSSR count). The molecule has 0 saturated heterocycles. The fourth-order valence-corrected chi connectivity index (χ4v) is 3.33. The molecule has 0 aliphatic heterocycles. The summed E-state index contributed by atoms with van der Waals surface area (Å²) in [6.45, 7) is 4.24. The van der Waals surface area contributed by atoms with Crippen LogP contribution in [0.5, 0.6) is 17.2 Å². The molecular weight excluding hydrogens is 404 g/mol. The Morgan fingerprint density at radius 3 is 1.72 bits per heavy atom. The summed E-state index contributed by atoms with van der Waals surface area (Å²) in [5.41, 5.74) is 0.445. The second-order valence-electron chi connectivity index (χ2n) is 8.00. The number of phenolic OH excluding ortho intramolecular Hbond substituents is 1. The zero-order chi connectivity index (χ0) is 23.2. The topological polar surface area (TPSA) is 87.7 Å². The smallest absolute Gasteiger partial charge is 0.224 e. The number of anilines is 2. The van der Waals surface area contributed by atoms with E-state index >= 15 is 0 Å². The lowest BCUT2D eigenvalue weighted by molar-refractivity contribution is -0.117. The standard InChI is InChI=1S/C26H36N2O4/c1-3-5-7-12-16-24(29)27-22-18-21(32-20-14-10-9-11-15-20)19-23(26(22)31)28-25(30)17-13-8-6-4-2/h9-11,14-15,18-19,31H,3-8,12-13,16-17H2,1-2H3,(H,27,29)(H,28,30). The minimum absolute atomic E-state index is 0.172. The van der Waals surface area contributed by atoms with E-state index in [1.165, 1.54) is 0 Å². The van der Waals surface area contributed by atoms with Gasteiger partial charge in [0, 0.05) is 25.0 Å². The average Bonchev–Trinajstić information content (AvgIpc) is 2.78. The van der Waals surface area contributed by atoms with E-state index < -0.39 is 0 Å². The largest absolute Gasteiger partial charge is 0.504 e. The van der Waals surface area contributed by atoms with Gasteiger partial charge in [0.15, 0.2) is 5.75 Å². The zero-order valence-corrected chi connectivity index (χ0v) is 19.3. The highest BCUT2D eigenvalue weighted by Crippen LogP contribution is 2.38. The number of unbranched alkanes of at least 4 members (excludes halogenated alkanes) is 6. The van der Waals surface area contributed by atoms with E-state index in [0.29, 0.717) is 24.3 Å². The third kappa shape index (κ3) is 9.00. The Balaban J connectivity index is 2.15. The van der Waals surface area contributed by atoms with Crippen LogP contribution < -0.4 is 15.4 Å². The number of aromatic hydroxyl groups is 1. The van der Waals surface area contributed by atoms with Gasteiger partial charge in [-0.1, -0.05) is 70.6 Å². The maximum atomic E-state index is 12.4. The number of benzene rings is 2. The molecule has 0 heterocycles. The molecule has 6 nitrogen and oxygen atoms in total. The molecule has 32 heavy (non-hydrogen) atoms. The average molecular weight is 441 g/mol. The summed E-state index contributed by atoms with van der Waals surface area (Å²) in [6, 6.07) is 12.4. The third-order valence-corrected chi connectivity index (χ3v) is 5.13. The van der Waals surface area contributed by atoms with Gasteiger partial charge in [-0.15, -0.1) is 0 Å². The normalized spacial score (nSPS) is 10.6. The number of hydrogen-bond acceptors (Lipinski definition) is 4. The van der Waals surface area contributed by atoms with Gasteiger partial charge in [-0.05, 0) is 25.0 Å². The van der Waals surface area contributed by atoms with Crippen LogP contribution in [-0.4, -0.2) is 16.9 Å². The van der Waals surface area contributed by atoms with E-state index in [2.05, 4.69) is 24.5 Å². The summed E-state index contributed by atoms with van der Waals surface area (Å²) in [5, 5.41) is 16.2. The Kier molecular flexibility index (Phi) is 11.1. The molecule has 2 aromatic rings. The van der Waals surface area contributed by atoms with Crippen LogP contribution in [0.2, 0.25) is 0 Å². The molecule has 0 aliphatic rings. The van der Waals surface area contributed by atoms with Gasteiger partial charge in [-0.2, -0.15) is 0 Å². The predicted octanol–water partition coefficient (Wildman–Crippen LogP) is 7.00. The highest BCUT2D eigenvalue weighted by atomic mass is 16.5. The van der Waals surface area contributed by atoms with E-state index in [0.717, 1.165) is 51.4 Å². The van der Waals surface area contributed by atoms with Crippen LogP contribution in [0.15, 0.2) is 42.5 Å². The molecule has 174 valence electrons. The molecule has 0 atom stereocenters. The molecule has 6 heteroatoms. The van der Waals surface area contributed by atoms with E-state index in [-0.39, 0.29) is 28.9 Å². The first-order valence-corrected chi connectivity index (χ1v) is 11.7. The number of nitrogens with one attached hydrogen (secondary N) is 2. The lowest BCUT2D eigenvalue weighted by Gasteiger charge is -2.15. The molecule has 2 aromatic carbocycles. The molecule has 0 fully saturated rings. The maximum Gasteiger partial charge on any atom is 0.224 e. The minimum atomic E-state index is -0.176. The third-order valence-electron chi connectivity index (χ3n) is 5.13. The number of ether oxygens (including phenoxy) is 1. The summed E-state index contributed by atoms with van der Waals surface area (Å²) in [5.74, 6) is 0.507. The van der Waals surface area contributed by atoms with Crippen molar-refractivity contribution in [1.82, 2.24) is 0 Å². The monoisotopic (exact) mass is 440 g/mol. The van der Waals surface area contributed by atoms with Crippen molar-refractivity contribution in [2.75, 3.05) is 10.6 Å². The summed E-state index contributed by atoms with van der Waals surface area (Å²) in [4.78, 5) is 24.8. The first kappa shape index (κ1) is 25.2. The van der Waals surface area contributed by atoms with Gasteiger partial charge in [0.05, 0.1) is 11.4 Å². The lowest BCUT2D eigenvalue weighted by Crippen LogP contribution is -2.14. The predicted molar refractivity (Wildman–Crippen MR) is 129 cm³/mol. The molecule has 3 N–H and O–H groups in total. The summed E-state index contributed by atoms with van der Waals surface area (Å²) in [6.07, 6.45) is 8.71. The van der Waals surface area contributed by atoms with Crippen LogP contribution in [0.4, 0.5) is 11.4 Å². The summed E-state index contributed by atoms with van der Waals surface area (Å²) < 4.78 is 5.89. The number of phenols is 1. The van der Waals surface area contributed by atoms with Crippen molar-refractivity contribution in [2.45, 2.75) is 78.1 Å². The Labute approximate surface area is 191 Å². The van der Waals surface area contributed by atoms with E-state index in [9.17, 15) is 14.7 Å². The number of carbonyl (C=O) groups excluding carboxylic acids is 2. The zero-order valence-electron chi connectivity index (χ0n) is 19.3. The lowest BCUT2D eigenvalue weighted by atomic mass is 10.1. The molecule has 2 amide bonds. The van der Waals surface area contributed by atoms with Gasteiger partial charge in [0.1, 0.15) is 11.5 Å². The molecule has 0 spiro atoms. The molecule has 0 bridgehead atoms. The highest BCUT2D eigenvalue weighted by molar-refractivity contribution is 5.98. The van der Waals surface area contributed by atoms with Crippen LogP contribution in [-0.2, 0) is 9.59 Å². The minimum Gasteiger partial charge on any atom is -0.504 e. The van der Waals surface area contributed by atoms with Gasteiger partial charge in [0.25, 0.3) is 0 Å². The molecular formula is C26H36N2O4. The fraction of sp³-hybridized carbons (Fsp3) is 0.462. The van der Waals surface area contributed by atoms with Crippen LogP contribution >= 0.6 is 0 Å². The van der Waals surface area contributed by atoms with Crippen molar-refractivity contribution in [3.8, 4) is 17.2 Å². The van der Waals surface area contributed by atoms with E-state index in [1.807, 2.05) is 30.3 Å². The Morgan fingerprint density at radius 2 is 1.25 bits per heavy atom. The Morgan fingerprint density at radius 1 is 0.750 bits per heavy atom. The second-order valence-corrected chi connectivity index (χ2v) is 8.00. The van der Waals surface area contributed by atoms with Gasteiger partial charge in [-0.3, -0.25) is 9.59 Å². The van der Waals surface area contributed by atoms with Crippen molar-refractivity contribution >= 4 is 23.2 Å². The SMILES string of the molecule is CCCCCCC(=O)Nc1cc(Oc2ccccc2)cc(NC(=O)CCCCCC)c1O. The van der Waals surface area contributed by atoms with Gasteiger partial charge in [0.2, 0.25) is 11.8 Å². The first-order valence-electron chi connectivity index (χ1n) is 11.7. The number of hydrogen-bond donors (Lipinski definition) is 3. The van der Waals surface area contributed by atoms with Crippen LogP contribution in [0.25, 0.3) is 0 Å². The van der Waals surface area contributed by atoms with Crippen molar-refractivity contribution in [3.63, 3.8) is 0 Å². The quantitative estimate of drug-likeness (QED) is 0.218. The number of rotatable bonds is 14. The van der Waals surface area contributed by atoms with Crippen molar-refractivity contribution < 1.29 is 19.4 Å². The van der Waals surface area contributed by atoms with Crippen molar-refractivity contribution in [2.24, 2.45) is 0 Å².